The number of methoxy groups -OCH3 is 1. The van der Waals surface area contributed by atoms with Gasteiger partial charge < -0.3 is 15.0 Å². The van der Waals surface area contributed by atoms with Gasteiger partial charge in [0, 0.05) is 0 Å². The standard InChI is InChI=1S/C5H10BNO3/c1-4(5(8)10-3)7-6(2)9/h7,9H,1H2,2-3H3. The molecule has 0 aromatic carbocycles. The third-order valence-electron chi connectivity index (χ3n) is 0.815. The minimum atomic E-state index is -0.786. The normalized spacial score (nSPS) is 8.30. The molecule has 0 aliphatic heterocycles. The molecule has 0 aliphatic carbocycles. The van der Waals surface area contributed by atoms with Gasteiger partial charge >= 0.3 is 13.0 Å². The lowest BCUT2D eigenvalue weighted by Crippen LogP contribution is -2.32. The first kappa shape index (κ1) is 9.03. The van der Waals surface area contributed by atoms with Gasteiger partial charge in [0.1, 0.15) is 5.70 Å². The lowest BCUT2D eigenvalue weighted by molar-refractivity contribution is -0.136. The molecule has 10 heavy (non-hydrogen) atoms. The zero-order valence-electron chi connectivity index (χ0n) is 6.05. The molecule has 0 rings (SSSR count). The lowest BCUT2D eigenvalue weighted by Gasteiger charge is -2.05. The fourth-order valence-corrected chi connectivity index (χ4v) is 0.434. The Morgan fingerprint density at radius 1 is 1.80 bits per heavy atom. The summed E-state index contributed by atoms with van der Waals surface area (Å²) in [6, 6.07) is 0. The Balaban J connectivity index is 3.74. The van der Waals surface area contributed by atoms with Gasteiger partial charge in [0.25, 0.3) is 0 Å². The second-order valence-electron chi connectivity index (χ2n) is 1.79. The van der Waals surface area contributed by atoms with Crippen LogP contribution in [-0.2, 0) is 9.53 Å². The third-order valence-corrected chi connectivity index (χ3v) is 0.815. The molecule has 0 amide bonds. The molecule has 0 spiro atoms. The Labute approximate surface area is 60.0 Å². The van der Waals surface area contributed by atoms with E-state index in [1.807, 2.05) is 0 Å². The van der Waals surface area contributed by atoms with Gasteiger partial charge in [0.15, 0.2) is 0 Å². The van der Waals surface area contributed by atoms with Crippen molar-refractivity contribution in [3.05, 3.63) is 12.3 Å². The van der Waals surface area contributed by atoms with Crippen LogP contribution < -0.4 is 5.23 Å². The highest BCUT2D eigenvalue weighted by molar-refractivity contribution is 6.46. The molecule has 4 nitrogen and oxygen atoms in total. The number of rotatable bonds is 3. The summed E-state index contributed by atoms with van der Waals surface area (Å²) in [7, 11) is 0.462. The molecule has 56 valence electrons. The quantitative estimate of drug-likeness (QED) is 0.313. The Kier molecular flexibility index (Phi) is 3.57. The van der Waals surface area contributed by atoms with E-state index in [0.717, 1.165) is 0 Å². The van der Waals surface area contributed by atoms with Crippen molar-refractivity contribution in [2.24, 2.45) is 0 Å². The lowest BCUT2D eigenvalue weighted by atomic mass is 9.88. The summed E-state index contributed by atoms with van der Waals surface area (Å²) in [5, 5.41) is 11.1. The fourth-order valence-electron chi connectivity index (χ4n) is 0.434. The van der Waals surface area contributed by atoms with Crippen LogP contribution in [0.2, 0.25) is 6.82 Å². The average Bonchev–Trinajstić information content (AvgIpc) is 1.85. The van der Waals surface area contributed by atoms with Crippen LogP contribution in [0.3, 0.4) is 0 Å². The van der Waals surface area contributed by atoms with Crippen LogP contribution in [0, 0.1) is 0 Å². The Bertz CT molecular complexity index is 146. The van der Waals surface area contributed by atoms with Gasteiger partial charge in [-0.2, -0.15) is 0 Å². The summed E-state index contributed by atoms with van der Waals surface area (Å²) >= 11 is 0. The number of hydrogen-bond acceptors (Lipinski definition) is 4. The highest BCUT2D eigenvalue weighted by Crippen LogP contribution is 1.87. The number of ether oxygens (including phenoxy) is 1. The highest BCUT2D eigenvalue weighted by Gasteiger charge is 2.09. The summed E-state index contributed by atoms with van der Waals surface area (Å²) in [5.41, 5.74) is 0.0532. The van der Waals surface area contributed by atoms with Crippen molar-refractivity contribution >= 4 is 13.0 Å². The second-order valence-corrected chi connectivity index (χ2v) is 1.79. The van der Waals surface area contributed by atoms with Crippen LogP contribution in [0.5, 0.6) is 0 Å². The number of hydrogen-bond donors (Lipinski definition) is 2. The zero-order valence-corrected chi connectivity index (χ0v) is 6.05. The SMILES string of the molecule is C=C(NB(C)O)C(=O)OC. The summed E-state index contributed by atoms with van der Waals surface area (Å²) in [6.07, 6.45) is 0. The minimum Gasteiger partial charge on any atom is -0.464 e. The van der Waals surface area contributed by atoms with E-state index in [0.29, 0.717) is 0 Å². The van der Waals surface area contributed by atoms with Crippen molar-refractivity contribution in [2.75, 3.05) is 7.11 Å². The summed E-state index contributed by atoms with van der Waals surface area (Å²) in [4.78, 5) is 10.6. The van der Waals surface area contributed by atoms with Crippen LogP contribution in [0.25, 0.3) is 0 Å². The van der Waals surface area contributed by atoms with E-state index in [4.69, 9.17) is 5.02 Å². The van der Waals surface area contributed by atoms with Crippen LogP contribution in [-0.4, -0.2) is 25.2 Å². The van der Waals surface area contributed by atoms with Crippen molar-refractivity contribution in [1.82, 2.24) is 5.23 Å². The first-order valence-corrected chi connectivity index (χ1v) is 2.79. The smallest absolute Gasteiger partial charge is 0.407 e. The molecule has 0 saturated carbocycles. The Morgan fingerprint density at radius 3 is 2.60 bits per heavy atom. The fraction of sp³-hybridized carbons (Fsp3) is 0.400. The van der Waals surface area contributed by atoms with E-state index in [1.54, 1.807) is 0 Å². The van der Waals surface area contributed by atoms with E-state index in [1.165, 1.54) is 13.9 Å². The van der Waals surface area contributed by atoms with E-state index < -0.39 is 13.0 Å². The van der Waals surface area contributed by atoms with Gasteiger partial charge in [-0.15, -0.1) is 0 Å². The van der Waals surface area contributed by atoms with Crippen LogP contribution in [0.1, 0.15) is 0 Å². The molecule has 0 aliphatic rings. The molecule has 2 N–H and O–H groups in total. The molecule has 0 heterocycles. The molecule has 0 fully saturated rings. The molecular weight excluding hydrogens is 133 g/mol. The van der Waals surface area contributed by atoms with Crippen molar-refractivity contribution in [3.63, 3.8) is 0 Å². The molecule has 0 radical (unpaired) electrons. The molecule has 0 aromatic heterocycles. The number of esters is 1. The van der Waals surface area contributed by atoms with Crippen molar-refractivity contribution in [2.45, 2.75) is 6.82 Å². The number of carbonyl (C=O) groups excluding carboxylic acids is 1. The van der Waals surface area contributed by atoms with Crippen molar-refractivity contribution in [1.29, 1.82) is 0 Å². The van der Waals surface area contributed by atoms with Crippen LogP contribution >= 0.6 is 0 Å². The molecule has 0 aromatic rings. The third kappa shape index (κ3) is 3.14. The monoisotopic (exact) mass is 143 g/mol. The maximum atomic E-state index is 10.6. The predicted molar refractivity (Wildman–Crippen MR) is 38.1 cm³/mol. The van der Waals surface area contributed by atoms with Crippen molar-refractivity contribution < 1.29 is 14.6 Å². The van der Waals surface area contributed by atoms with Crippen LogP contribution in [0.4, 0.5) is 0 Å². The second kappa shape index (κ2) is 3.95. The van der Waals surface area contributed by atoms with E-state index in [2.05, 4.69) is 16.5 Å². The summed E-state index contributed by atoms with van der Waals surface area (Å²) in [6.45, 7) is 4.80. The molecular formula is C5H10BNO3. The van der Waals surface area contributed by atoms with Gasteiger partial charge in [-0.05, 0) is 6.82 Å². The Morgan fingerprint density at radius 2 is 2.30 bits per heavy atom. The molecule has 0 saturated heterocycles. The highest BCUT2D eigenvalue weighted by atomic mass is 16.5. The predicted octanol–water partition coefficient (Wildman–Crippen LogP) is -0.627. The molecule has 5 heteroatoms. The van der Waals surface area contributed by atoms with E-state index in [-0.39, 0.29) is 5.70 Å². The zero-order chi connectivity index (χ0) is 8.15. The topological polar surface area (TPSA) is 58.6 Å². The first-order chi connectivity index (χ1) is 4.57. The Hall–Kier alpha value is -0.965. The van der Waals surface area contributed by atoms with Crippen molar-refractivity contribution in [3.8, 4) is 0 Å². The van der Waals surface area contributed by atoms with Gasteiger partial charge in [0.05, 0.1) is 7.11 Å². The summed E-state index contributed by atoms with van der Waals surface area (Å²) in [5.74, 6) is -0.569. The minimum absolute atomic E-state index is 0.0532. The first-order valence-electron chi connectivity index (χ1n) is 2.79. The number of nitrogens with one attached hydrogen (secondary N) is 1. The van der Waals surface area contributed by atoms with Gasteiger partial charge in [-0.25, -0.2) is 4.79 Å². The summed E-state index contributed by atoms with van der Waals surface area (Å²) < 4.78 is 4.30. The largest absolute Gasteiger partial charge is 0.464 e. The maximum absolute atomic E-state index is 10.6. The molecule has 0 bridgehead atoms. The average molecular weight is 143 g/mol. The van der Waals surface area contributed by atoms with Gasteiger partial charge in [-0.3, -0.25) is 0 Å². The maximum Gasteiger partial charge on any atom is 0.407 e. The van der Waals surface area contributed by atoms with E-state index in [9.17, 15) is 4.79 Å². The number of carbonyl (C=O) groups is 1. The molecule has 0 atom stereocenters. The van der Waals surface area contributed by atoms with E-state index >= 15 is 0 Å². The molecule has 0 unspecified atom stereocenters. The van der Waals surface area contributed by atoms with Gasteiger partial charge in [0.2, 0.25) is 0 Å². The van der Waals surface area contributed by atoms with Crippen LogP contribution in [0.15, 0.2) is 12.3 Å². The van der Waals surface area contributed by atoms with Gasteiger partial charge in [-0.1, -0.05) is 6.58 Å².